The topological polar surface area (TPSA) is 15.3 Å². The monoisotopic (exact) mass is 280 g/mol. The van der Waals surface area contributed by atoms with Crippen molar-refractivity contribution in [3.05, 3.63) is 54.6 Å². The number of nitrogens with zero attached hydrogens (tertiary/aromatic N) is 1. The number of hydrogen-bond acceptors (Lipinski definition) is 2. The van der Waals surface area contributed by atoms with Crippen molar-refractivity contribution in [2.45, 2.75) is 25.8 Å². The van der Waals surface area contributed by atoms with Gasteiger partial charge in [-0.3, -0.25) is 0 Å². The predicted octanol–water partition coefficient (Wildman–Crippen LogP) is 3.93. The van der Waals surface area contributed by atoms with Crippen molar-refractivity contribution in [2.75, 3.05) is 24.5 Å². The van der Waals surface area contributed by atoms with Gasteiger partial charge in [0.2, 0.25) is 0 Å². The van der Waals surface area contributed by atoms with Crippen LogP contribution in [0.3, 0.4) is 0 Å². The maximum Gasteiger partial charge on any atom is 0.0445 e. The highest BCUT2D eigenvalue weighted by atomic mass is 15.1. The maximum absolute atomic E-state index is 3.58. The molecule has 0 spiro atoms. The summed E-state index contributed by atoms with van der Waals surface area (Å²) < 4.78 is 0. The van der Waals surface area contributed by atoms with Crippen LogP contribution in [0.2, 0.25) is 0 Å². The van der Waals surface area contributed by atoms with Gasteiger partial charge in [-0.1, -0.05) is 55.5 Å². The van der Waals surface area contributed by atoms with E-state index in [0.29, 0.717) is 6.04 Å². The van der Waals surface area contributed by atoms with Gasteiger partial charge in [-0.25, -0.2) is 0 Å². The van der Waals surface area contributed by atoms with Crippen molar-refractivity contribution in [2.24, 2.45) is 0 Å². The second-order valence-corrected chi connectivity index (χ2v) is 5.70. The Morgan fingerprint density at radius 3 is 2.33 bits per heavy atom. The molecule has 1 aliphatic heterocycles. The van der Waals surface area contributed by atoms with Gasteiger partial charge in [0.05, 0.1) is 0 Å². The number of para-hydroxylation sites is 1. The van der Waals surface area contributed by atoms with Gasteiger partial charge >= 0.3 is 0 Å². The summed E-state index contributed by atoms with van der Waals surface area (Å²) in [5, 5.41) is 3.58. The van der Waals surface area contributed by atoms with Crippen molar-refractivity contribution >= 4 is 5.69 Å². The molecule has 0 unspecified atom stereocenters. The summed E-state index contributed by atoms with van der Waals surface area (Å²) in [4.78, 5) is 2.54. The SMILES string of the molecule is CCNC1CCN(c2ccccc2-c2ccccc2)CC1. The van der Waals surface area contributed by atoms with E-state index >= 15 is 0 Å². The summed E-state index contributed by atoms with van der Waals surface area (Å²) in [5.41, 5.74) is 4.03. The normalized spacial score (nSPS) is 16.1. The van der Waals surface area contributed by atoms with Crippen molar-refractivity contribution in [3.63, 3.8) is 0 Å². The molecule has 0 bridgehead atoms. The molecule has 0 saturated carbocycles. The summed E-state index contributed by atoms with van der Waals surface area (Å²) in [6.07, 6.45) is 2.47. The predicted molar refractivity (Wildman–Crippen MR) is 90.8 cm³/mol. The van der Waals surface area contributed by atoms with Crippen molar-refractivity contribution < 1.29 is 0 Å². The Balaban J connectivity index is 1.81. The summed E-state index contributed by atoms with van der Waals surface area (Å²) in [5.74, 6) is 0. The minimum atomic E-state index is 0.690. The zero-order chi connectivity index (χ0) is 14.5. The molecule has 1 fully saturated rings. The molecular formula is C19H24N2. The van der Waals surface area contributed by atoms with E-state index in [0.717, 1.165) is 19.6 Å². The van der Waals surface area contributed by atoms with E-state index in [9.17, 15) is 0 Å². The Morgan fingerprint density at radius 2 is 1.62 bits per heavy atom. The van der Waals surface area contributed by atoms with Crippen LogP contribution in [0.25, 0.3) is 11.1 Å². The second-order valence-electron chi connectivity index (χ2n) is 5.70. The molecule has 110 valence electrons. The molecule has 2 heteroatoms. The lowest BCUT2D eigenvalue weighted by Crippen LogP contribution is -2.42. The molecule has 1 saturated heterocycles. The van der Waals surface area contributed by atoms with E-state index in [2.05, 4.69) is 71.7 Å². The van der Waals surface area contributed by atoms with Crippen molar-refractivity contribution in [1.82, 2.24) is 5.32 Å². The first-order valence-electron chi connectivity index (χ1n) is 8.01. The average molecular weight is 280 g/mol. The fourth-order valence-corrected chi connectivity index (χ4v) is 3.22. The van der Waals surface area contributed by atoms with E-state index in [1.807, 2.05) is 0 Å². The fraction of sp³-hybridized carbons (Fsp3) is 0.368. The number of hydrogen-bond donors (Lipinski definition) is 1. The van der Waals surface area contributed by atoms with Gasteiger partial charge in [0.1, 0.15) is 0 Å². The average Bonchev–Trinajstić information content (AvgIpc) is 2.57. The first kappa shape index (κ1) is 14.2. The highest BCUT2D eigenvalue weighted by Crippen LogP contribution is 2.32. The van der Waals surface area contributed by atoms with Crippen molar-refractivity contribution in [3.8, 4) is 11.1 Å². The fourth-order valence-electron chi connectivity index (χ4n) is 3.22. The van der Waals surface area contributed by atoms with Gasteiger partial charge in [0.25, 0.3) is 0 Å². The third-order valence-electron chi connectivity index (χ3n) is 4.32. The highest BCUT2D eigenvalue weighted by molar-refractivity contribution is 5.78. The number of nitrogens with one attached hydrogen (secondary N) is 1. The molecular weight excluding hydrogens is 256 g/mol. The molecule has 3 rings (SSSR count). The Labute approximate surface area is 127 Å². The lowest BCUT2D eigenvalue weighted by atomic mass is 9.99. The van der Waals surface area contributed by atoms with Crippen LogP contribution in [0.4, 0.5) is 5.69 Å². The van der Waals surface area contributed by atoms with Gasteiger partial charge in [0.15, 0.2) is 0 Å². The molecule has 21 heavy (non-hydrogen) atoms. The molecule has 0 aliphatic carbocycles. The van der Waals surface area contributed by atoms with Crippen LogP contribution in [0.15, 0.2) is 54.6 Å². The van der Waals surface area contributed by atoms with E-state index < -0.39 is 0 Å². The second kappa shape index (κ2) is 6.77. The summed E-state index contributed by atoms with van der Waals surface area (Å²) in [7, 11) is 0. The van der Waals surface area contributed by atoms with Gasteiger partial charge in [-0.2, -0.15) is 0 Å². The van der Waals surface area contributed by atoms with Gasteiger partial charge in [-0.15, -0.1) is 0 Å². The molecule has 2 aromatic carbocycles. The zero-order valence-electron chi connectivity index (χ0n) is 12.8. The highest BCUT2D eigenvalue weighted by Gasteiger charge is 2.20. The minimum absolute atomic E-state index is 0.690. The standard InChI is InChI=1S/C19H24N2/c1-2-20-17-12-14-21(15-13-17)19-11-7-6-10-18(19)16-8-4-3-5-9-16/h3-11,17,20H,2,12-15H2,1H3. The summed E-state index contributed by atoms with van der Waals surface area (Å²) >= 11 is 0. The Kier molecular flexibility index (Phi) is 4.56. The number of piperidine rings is 1. The van der Waals surface area contributed by atoms with Crippen LogP contribution in [0, 0.1) is 0 Å². The Hall–Kier alpha value is -1.80. The summed E-state index contributed by atoms with van der Waals surface area (Å²) in [6.45, 7) is 5.55. The molecule has 0 radical (unpaired) electrons. The van der Waals surface area contributed by atoms with Gasteiger partial charge in [0, 0.05) is 30.4 Å². The number of benzene rings is 2. The lowest BCUT2D eigenvalue weighted by molar-refractivity contribution is 0.424. The first-order chi connectivity index (χ1) is 10.4. The third kappa shape index (κ3) is 3.27. The van der Waals surface area contributed by atoms with E-state index in [-0.39, 0.29) is 0 Å². The maximum atomic E-state index is 3.58. The molecule has 2 nitrogen and oxygen atoms in total. The first-order valence-corrected chi connectivity index (χ1v) is 8.01. The molecule has 2 aromatic rings. The zero-order valence-corrected chi connectivity index (χ0v) is 12.8. The molecule has 1 heterocycles. The largest absolute Gasteiger partial charge is 0.371 e. The third-order valence-corrected chi connectivity index (χ3v) is 4.32. The number of anilines is 1. The quantitative estimate of drug-likeness (QED) is 0.913. The van der Waals surface area contributed by atoms with Crippen molar-refractivity contribution in [1.29, 1.82) is 0 Å². The van der Waals surface area contributed by atoms with Crippen LogP contribution in [0.5, 0.6) is 0 Å². The molecule has 0 amide bonds. The molecule has 0 aromatic heterocycles. The van der Waals surface area contributed by atoms with Crippen LogP contribution in [-0.4, -0.2) is 25.7 Å². The number of rotatable bonds is 4. The molecule has 0 atom stereocenters. The minimum Gasteiger partial charge on any atom is -0.371 e. The van der Waals surface area contributed by atoms with Crippen LogP contribution >= 0.6 is 0 Å². The Morgan fingerprint density at radius 1 is 0.952 bits per heavy atom. The van der Waals surface area contributed by atoms with Gasteiger partial charge in [-0.05, 0) is 31.0 Å². The smallest absolute Gasteiger partial charge is 0.0445 e. The van der Waals surface area contributed by atoms with Crippen LogP contribution < -0.4 is 10.2 Å². The van der Waals surface area contributed by atoms with Crippen LogP contribution in [-0.2, 0) is 0 Å². The summed E-state index contributed by atoms with van der Waals surface area (Å²) in [6, 6.07) is 20.2. The van der Waals surface area contributed by atoms with E-state index in [1.54, 1.807) is 0 Å². The molecule has 1 aliphatic rings. The van der Waals surface area contributed by atoms with E-state index in [4.69, 9.17) is 0 Å². The Bertz CT molecular complexity index is 557. The van der Waals surface area contributed by atoms with Gasteiger partial charge < -0.3 is 10.2 Å². The molecule has 1 N–H and O–H groups in total. The lowest BCUT2D eigenvalue weighted by Gasteiger charge is -2.35. The van der Waals surface area contributed by atoms with E-state index in [1.165, 1.54) is 29.7 Å². The van der Waals surface area contributed by atoms with Crippen LogP contribution in [0.1, 0.15) is 19.8 Å².